The SMILES string of the molecule is CSCC[C@H](NC(=O)[C@H](CC(C)C)NC(=O)CNC(=O)[C@H](Cc1ccccc1)N(C)C(=O)[C@H](Cc1ccccc1)NC(=O)CNC(=O)[C@H](CC(=O)O)NC(=O)[C@H](Cc1cnc[nH]1)NC(=O)[C@H](CCSC)NC(=O)[C@@H](N)CC(=O)O)C(N)=O. The molecule has 1 aromatic heterocycles. The molecule has 0 spiro atoms. The first-order valence-corrected chi connectivity index (χ1v) is 28.8. The average molecular weight is 1180 g/mol. The summed E-state index contributed by atoms with van der Waals surface area (Å²) in [6, 6.07) is 6.13. The number of aromatic amines is 1. The maximum Gasteiger partial charge on any atom is 0.305 e. The maximum atomic E-state index is 14.6. The van der Waals surface area contributed by atoms with Crippen LogP contribution in [-0.2, 0) is 76.8 Å². The number of carbonyl (C=O) groups excluding carboxylic acids is 10. The zero-order valence-electron chi connectivity index (χ0n) is 46.3. The Morgan fingerprint density at radius 1 is 0.585 bits per heavy atom. The average Bonchev–Trinajstić information content (AvgIpc) is 4.00. The monoisotopic (exact) mass is 1180 g/mol. The van der Waals surface area contributed by atoms with Crippen molar-refractivity contribution in [2.45, 2.75) is 114 Å². The van der Waals surface area contributed by atoms with Crippen molar-refractivity contribution in [3.05, 3.63) is 90.0 Å². The number of thioether (sulfide) groups is 2. The lowest BCUT2D eigenvalue weighted by molar-refractivity contribution is -0.142. The summed E-state index contributed by atoms with van der Waals surface area (Å²) >= 11 is 2.78. The normalized spacial score (nSPS) is 13.9. The summed E-state index contributed by atoms with van der Waals surface area (Å²) in [5.74, 6) is -10.8. The number of carboxylic acids is 2. The second-order valence-electron chi connectivity index (χ2n) is 19.4. The number of benzene rings is 2. The number of nitrogens with zero attached hydrogens (tertiary/aromatic N) is 2. The highest BCUT2D eigenvalue weighted by atomic mass is 32.2. The molecule has 0 aliphatic heterocycles. The number of amides is 10. The molecule has 82 heavy (non-hydrogen) atoms. The molecule has 448 valence electrons. The number of aromatic nitrogens is 2. The smallest absolute Gasteiger partial charge is 0.305 e. The van der Waals surface area contributed by atoms with Crippen molar-refractivity contribution in [2.24, 2.45) is 17.4 Å². The van der Waals surface area contributed by atoms with Crippen LogP contribution < -0.4 is 54.0 Å². The Morgan fingerprint density at radius 2 is 1.07 bits per heavy atom. The second kappa shape index (κ2) is 35.6. The van der Waals surface area contributed by atoms with E-state index < -0.39 is 145 Å². The minimum absolute atomic E-state index is 0.0197. The Bertz CT molecular complexity index is 2640. The van der Waals surface area contributed by atoms with Crippen molar-refractivity contribution in [3.8, 4) is 0 Å². The second-order valence-corrected chi connectivity index (χ2v) is 21.4. The zero-order chi connectivity index (χ0) is 60.9. The van der Waals surface area contributed by atoms with Gasteiger partial charge in [0.2, 0.25) is 59.1 Å². The van der Waals surface area contributed by atoms with Gasteiger partial charge >= 0.3 is 11.9 Å². The zero-order valence-corrected chi connectivity index (χ0v) is 47.9. The molecule has 0 fully saturated rings. The summed E-state index contributed by atoms with van der Waals surface area (Å²) in [7, 11) is 1.33. The van der Waals surface area contributed by atoms with Gasteiger partial charge in [0.15, 0.2) is 0 Å². The molecule has 0 radical (unpaired) electrons. The van der Waals surface area contributed by atoms with Gasteiger partial charge in [0.05, 0.1) is 38.3 Å². The molecule has 0 saturated heterocycles. The van der Waals surface area contributed by atoms with Gasteiger partial charge in [0.25, 0.3) is 0 Å². The minimum atomic E-state index is -1.85. The van der Waals surface area contributed by atoms with E-state index in [1.54, 1.807) is 66.9 Å². The van der Waals surface area contributed by atoms with Gasteiger partial charge in [0.1, 0.15) is 42.3 Å². The van der Waals surface area contributed by atoms with Crippen LogP contribution in [0, 0.1) is 5.92 Å². The van der Waals surface area contributed by atoms with Crippen LogP contribution >= 0.6 is 23.5 Å². The van der Waals surface area contributed by atoms with E-state index in [0.717, 1.165) is 4.90 Å². The number of likely N-dealkylation sites (N-methyl/N-ethyl adjacent to an activating group) is 1. The summed E-state index contributed by atoms with van der Waals surface area (Å²) < 4.78 is 0. The van der Waals surface area contributed by atoms with E-state index in [9.17, 15) is 62.6 Å². The van der Waals surface area contributed by atoms with E-state index >= 15 is 0 Å². The van der Waals surface area contributed by atoms with Gasteiger partial charge in [-0.15, -0.1) is 0 Å². The van der Waals surface area contributed by atoms with Gasteiger partial charge in [-0.2, -0.15) is 23.5 Å². The highest BCUT2D eigenvalue weighted by Gasteiger charge is 2.36. The molecular formula is C53H75N13O14S2. The van der Waals surface area contributed by atoms with Gasteiger partial charge in [-0.05, 0) is 60.3 Å². The molecule has 10 amide bonds. The van der Waals surface area contributed by atoms with Gasteiger partial charge < -0.3 is 74.1 Å². The number of aliphatic carboxylic acids is 2. The van der Waals surface area contributed by atoms with Crippen molar-refractivity contribution >= 4 is 94.5 Å². The van der Waals surface area contributed by atoms with E-state index in [0.29, 0.717) is 28.3 Å². The first kappa shape index (κ1) is 68.2. The Morgan fingerprint density at radius 3 is 1.60 bits per heavy atom. The molecule has 3 aromatic rings. The molecule has 27 nitrogen and oxygen atoms in total. The number of carbonyl (C=O) groups is 12. The van der Waals surface area contributed by atoms with Crippen LogP contribution in [0.4, 0.5) is 0 Å². The Balaban J connectivity index is 1.84. The standard InChI is InChI=1S/C53H75N13O14S2/c1-30(2)20-37(50(77)62-35(46(55)73)16-18-81-4)60-42(67)28-58-52(79)41(22-32-14-10-7-11-15-32)66(3)53(80)40(21-31-12-8-6-9-13-31)61-43(68)27-57-48(75)39(25-45(71)72)65-51(78)38(23-33-26-56-29-59-33)64-49(76)36(17-19-82-5)63-47(74)34(54)24-44(69)70/h6-15,26,29-30,34-41H,16-25,27-28,54H2,1-5H3,(H2,55,73)(H,56,59)(H,57,75)(H,58,79)(H,60,67)(H,61,68)(H,62,77)(H,63,74)(H,64,76)(H,65,78)(H,69,70)(H,71,72)/t34-,35-,36-,37-,38-,39-,40-,41-/m0/s1. The number of carboxylic acid groups (broad SMARTS) is 2. The molecule has 29 heteroatoms. The van der Waals surface area contributed by atoms with Crippen molar-refractivity contribution in [2.75, 3.05) is 44.2 Å². The predicted octanol–water partition coefficient (Wildman–Crippen LogP) is -2.28. The van der Waals surface area contributed by atoms with Crippen LogP contribution in [0.25, 0.3) is 0 Å². The van der Waals surface area contributed by atoms with E-state index in [2.05, 4.69) is 52.5 Å². The third-order valence-corrected chi connectivity index (χ3v) is 13.7. The number of nitrogens with one attached hydrogen (secondary N) is 9. The first-order valence-electron chi connectivity index (χ1n) is 26.1. The number of H-pyrrole nitrogens is 1. The van der Waals surface area contributed by atoms with Gasteiger partial charge in [-0.1, -0.05) is 74.5 Å². The number of hydrogen-bond donors (Lipinski definition) is 13. The lowest BCUT2D eigenvalue weighted by Gasteiger charge is -2.31. The lowest BCUT2D eigenvalue weighted by Crippen LogP contribution is -2.59. The number of hydrogen-bond acceptors (Lipinski definition) is 16. The van der Waals surface area contributed by atoms with Crippen molar-refractivity contribution in [1.29, 1.82) is 0 Å². The van der Waals surface area contributed by atoms with E-state index in [1.165, 1.54) is 43.1 Å². The third-order valence-electron chi connectivity index (χ3n) is 12.4. The van der Waals surface area contributed by atoms with Crippen molar-refractivity contribution in [1.82, 2.24) is 57.4 Å². The molecule has 8 atom stereocenters. The molecular weight excluding hydrogens is 1110 g/mol. The molecule has 0 bridgehead atoms. The highest BCUT2D eigenvalue weighted by Crippen LogP contribution is 2.14. The van der Waals surface area contributed by atoms with Crippen LogP contribution in [0.3, 0.4) is 0 Å². The number of imidazole rings is 1. The summed E-state index contributed by atoms with van der Waals surface area (Å²) in [4.78, 5) is 167. The van der Waals surface area contributed by atoms with Gasteiger partial charge in [0, 0.05) is 38.2 Å². The largest absolute Gasteiger partial charge is 0.481 e. The Hall–Kier alpha value is -8.05. The van der Waals surface area contributed by atoms with Crippen LogP contribution in [0.15, 0.2) is 73.2 Å². The molecule has 1 heterocycles. The fourth-order valence-electron chi connectivity index (χ4n) is 8.07. The fraction of sp³-hybridized carbons (Fsp3) is 0.491. The number of nitrogens with two attached hydrogens (primary N) is 2. The lowest BCUT2D eigenvalue weighted by atomic mass is 10.0. The van der Waals surface area contributed by atoms with E-state index in [4.69, 9.17) is 16.6 Å². The molecule has 3 rings (SSSR count). The third kappa shape index (κ3) is 24.8. The van der Waals surface area contributed by atoms with Gasteiger partial charge in [-0.25, -0.2) is 4.98 Å². The van der Waals surface area contributed by atoms with Crippen LogP contribution in [0.1, 0.15) is 62.8 Å². The summed E-state index contributed by atoms with van der Waals surface area (Å²) in [6.07, 6.45) is 4.44. The van der Waals surface area contributed by atoms with Crippen LogP contribution in [0.2, 0.25) is 0 Å². The summed E-state index contributed by atoms with van der Waals surface area (Å²) in [5.41, 5.74) is 12.8. The quantitative estimate of drug-likeness (QED) is 0.0289. The van der Waals surface area contributed by atoms with Crippen LogP contribution in [-0.4, -0.2) is 189 Å². The molecule has 0 aliphatic carbocycles. The number of rotatable bonds is 37. The van der Waals surface area contributed by atoms with Crippen molar-refractivity contribution in [3.63, 3.8) is 0 Å². The maximum absolute atomic E-state index is 14.6. The van der Waals surface area contributed by atoms with Gasteiger partial charge in [-0.3, -0.25) is 57.5 Å². The Labute approximate surface area is 482 Å². The predicted molar refractivity (Wildman–Crippen MR) is 304 cm³/mol. The van der Waals surface area contributed by atoms with E-state index in [-0.39, 0.29) is 44.4 Å². The molecule has 0 unspecified atom stereocenters. The number of primary amides is 1. The highest BCUT2D eigenvalue weighted by molar-refractivity contribution is 7.98. The summed E-state index contributed by atoms with van der Waals surface area (Å²) in [5, 5.41) is 38.8. The van der Waals surface area contributed by atoms with E-state index in [1.807, 2.05) is 20.1 Å². The van der Waals surface area contributed by atoms with Crippen molar-refractivity contribution < 1.29 is 67.7 Å². The molecule has 0 saturated carbocycles. The molecule has 15 N–H and O–H groups in total. The fourth-order valence-corrected chi connectivity index (χ4v) is 9.02. The molecule has 0 aliphatic rings. The minimum Gasteiger partial charge on any atom is -0.481 e. The Kier molecular flexibility index (Phi) is 29.6. The molecule has 2 aromatic carbocycles. The topological polar surface area (TPSA) is 425 Å². The van der Waals surface area contributed by atoms with Crippen LogP contribution in [0.5, 0.6) is 0 Å². The first-order chi connectivity index (χ1) is 38.9. The summed E-state index contributed by atoms with van der Waals surface area (Å²) in [6.45, 7) is 2.17.